The predicted octanol–water partition coefficient (Wildman–Crippen LogP) is 3.15. The van der Waals surface area contributed by atoms with Crippen molar-refractivity contribution in [1.29, 1.82) is 0 Å². The van der Waals surface area contributed by atoms with E-state index >= 15 is 0 Å². The van der Waals surface area contributed by atoms with Crippen LogP contribution < -0.4 is 9.64 Å². The van der Waals surface area contributed by atoms with E-state index in [0.29, 0.717) is 42.8 Å². The molecule has 2 aliphatic heterocycles. The van der Waals surface area contributed by atoms with Crippen molar-refractivity contribution in [1.82, 2.24) is 24.9 Å². The molecule has 2 atom stereocenters. The van der Waals surface area contributed by atoms with Gasteiger partial charge in [-0.15, -0.1) is 0 Å². The first kappa shape index (κ1) is 19.7. The summed E-state index contributed by atoms with van der Waals surface area (Å²) in [6, 6.07) is 4.80. The Labute approximate surface area is 179 Å². The van der Waals surface area contributed by atoms with Gasteiger partial charge in [-0.05, 0) is 25.8 Å². The molecule has 160 valence electrons. The van der Waals surface area contributed by atoms with Crippen LogP contribution in [0.1, 0.15) is 37.1 Å². The van der Waals surface area contributed by atoms with Crippen LogP contribution in [-0.4, -0.2) is 50.8 Å². The Morgan fingerprint density at radius 2 is 2.03 bits per heavy atom. The van der Waals surface area contributed by atoms with Gasteiger partial charge in [-0.2, -0.15) is 4.39 Å². The van der Waals surface area contributed by atoms with Crippen LogP contribution in [-0.2, 0) is 11.2 Å². The molecule has 8 nitrogen and oxygen atoms in total. The number of ether oxygens (including phenoxy) is 2. The quantitative estimate of drug-likeness (QED) is 0.580. The van der Waals surface area contributed by atoms with Crippen molar-refractivity contribution in [3.8, 4) is 17.4 Å². The normalized spacial score (nSPS) is 20.5. The number of aromatic nitrogens is 5. The van der Waals surface area contributed by atoms with Crippen molar-refractivity contribution in [3.05, 3.63) is 54.0 Å². The molecule has 0 aromatic carbocycles. The lowest BCUT2D eigenvalue weighted by molar-refractivity contribution is 0.0678. The van der Waals surface area contributed by atoms with E-state index in [1.54, 1.807) is 30.7 Å². The fourth-order valence-corrected chi connectivity index (χ4v) is 4.05. The molecule has 0 saturated carbocycles. The lowest BCUT2D eigenvalue weighted by Crippen LogP contribution is -2.35. The summed E-state index contributed by atoms with van der Waals surface area (Å²) in [4.78, 5) is 23.7. The second-order valence-electron chi connectivity index (χ2n) is 7.72. The topological polar surface area (TPSA) is 86.2 Å². The predicted molar refractivity (Wildman–Crippen MR) is 111 cm³/mol. The fraction of sp³-hybridized carbons (Fsp3) is 0.409. The molecule has 5 heterocycles. The molecule has 0 bridgehead atoms. The van der Waals surface area contributed by atoms with Crippen LogP contribution in [0.2, 0.25) is 0 Å². The van der Waals surface area contributed by atoms with Crippen LogP contribution >= 0.6 is 0 Å². The van der Waals surface area contributed by atoms with Gasteiger partial charge in [0.2, 0.25) is 5.95 Å². The minimum Gasteiger partial charge on any atom is -0.491 e. The summed E-state index contributed by atoms with van der Waals surface area (Å²) in [5.74, 6) is 1.44. The first-order chi connectivity index (χ1) is 15.2. The highest BCUT2D eigenvalue weighted by Crippen LogP contribution is 2.33. The van der Waals surface area contributed by atoms with Crippen molar-refractivity contribution in [2.24, 2.45) is 0 Å². The zero-order chi connectivity index (χ0) is 21.2. The molecule has 3 aromatic rings. The van der Waals surface area contributed by atoms with Gasteiger partial charge < -0.3 is 14.4 Å². The zero-order valence-electron chi connectivity index (χ0n) is 17.2. The molecule has 0 radical (unpaired) electrons. The third-order valence-electron chi connectivity index (χ3n) is 5.68. The number of hydrogen-bond donors (Lipinski definition) is 0. The summed E-state index contributed by atoms with van der Waals surface area (Å²) in [6.07, 6.45) is 7.91. The molecule has 1 saturated heterocycles. The largest absolute Gasteiger partial charge is 0.491 e. The Hall–Kier alpha value is -3.20. The molecule has 0 N–H and O–H groups in total. The van der Waals surface area contributed by atoms with Crippen LogP contribution in [0, 0.1) is 5.95 Å². The number of rotatable bonds is 5. The van der Waals surface area contributed by atoms with Crippen LogP contribution in [0.5, 0.6) is 5.75 Å². The van der Waals surface area contributed by atoms with E-state index in [-0.39, 0.29) is 12.1 Å². The van der Waals surface area contributed by atoms with Gasteiger partial charge in [-0.3, -0.25) is 0 Å². The third-order valence-corrected chi connectivity index (χ3v) is 5.68. The molecule has 9 heteroatoms. The Morgan fingerprint density at radius 1 is 1.16 bits per heavy atom. The van der Waals surface area contributed by atoms with E-state index in [0.717, 1.165) is 30.7 Å². The number of anilines is 1. The first-order valence-corrected chi connectivity index (χ1v) is 10.5. The third kappa shape index (κ3) is 4.18. The van der Waals surface area contributed by atoms with Crippen molar-refractivity contribution in [3.63, 3.8) is 0 Å². The molecule has 2 unspecified atom stereocenters. The molecule has 31 heavy (non-hydrogen) atoms. The average molecular weight is 422 g/mol. The second-order valence-corrected chi connectivity index (χ2v) is 7.72. The summed E-state index contributed by atoms with van der Waals surface area (Å²) in [7, 11) is 0. The highest BCUT2D eigenvalue weighted by atomic mass is 19.1. The van der Waals surface area contributed by atoms with Gasteiger partial charge in [-0.25, -0.2) is 24.9 Å². The van der Waals surface area contributed by atoms with Crippen molar-refractivity contribution in [2.45, 2.75) is 38.3 Å². The highest BCUT2D eigenvalue weighted by molar-refractivity contribution is 5.50. The second kappa shape index (κ2) is 8.50. The van der Waals surface area contributed by atoms with Gasteiger partial charge in [-0.1, -0.05) is 0 Å². The SMILES string of the molecule is CC1c2cnc(-c3ncccn3)nc2CCN1c1cc(OCC2CCCO2)cc(F)n1. The summed E-state index contributed by atoms with van der Waals surface area (Å²) in [5.41, 5.74) is 1.94. The van der Waals surface area contributed by atoms with Gasteiger partial charge in [0.15, 0.2) is 11.6 Å². The molecular weight excluding hydrogens is 399 g/mol. The van der Waals surface area contributed by atoms with Crippen LogP contribution in [0.25, 0.3) is 11.6 Å². The van der Waals surface area contributed by atoms with Gasteiger partial charge in [0.05, 0.1) is 17.8 Å². The number of nitrogens with zero attached hydrogens (tertiary/aromatic N) is 6. The first-order valence-electron chi connectivity index (χ1n) is 10.5. The van der Waals surface area contributed by atoms with E-state index in [2.05, 4.69) is 24.9 Å². The standard InChI is InChI=1S/C22H23FN6O2/c1-14-17-12-26-22(21-24-6-3-7-25-21)27-18(17)5-8-29(14)20-11-16(10-19(23)28-20)31-13-15-4-2-9-30-15/h3,6-7,10-12,14-15H,2,4-5,8-9,13H2,1H3. The summed E-state index contributed by atoms with van der Waals surface area (Å²) >= 11 is 0. The lowest BCUT2D eigenvalue weighted by Gasteiger charge is -2.35. The Balaban J connectivity index is 1.36. The van der Waals surface area contributed by atoms with Crippen LogP contribution in [0.15, 0.2) is 36.8 Å². The molecule has 1 fully saturated rings. The van der Waals surface area contributed by atoms with Gasteiger partial charge in [0.25, 0.3) is 0 Å². The molecule has 0 aliphatic carbocycles. The van der Waals surface area contributed by atoms with Gasteiger partial charge in [0.1, 0.15) is 18.2 Å². The fourth-order valence-electron chi connectivity index (χ4n) is 4.05. The maximum Gasteiger partial charge on any atom is 0.218 e. The number of halogens is 1. The van der Waals surface area contributed by atoms with Crippen molar-refractivity contribution >= 4 is 5.82 Å². The van der Waals surface area contributed by atoms with E-state index < -0.39 is 5.95 Å². The molecule has 5 rings (SSSR count). The van der Waals surface area contributed by atoms with E-state index in [1.807, 2.05) is 11.8 Å². The minimum absolute atomic E-state index is 0.0604. The lowest BCUT2D eigenvalue weighted by atomic mass is 9.99. The maximum absolute atomic E-state index is 14.3. The highest BCUT2D eigenvalue weighted by Gasteiger charge is 2.28. The summed E-state index contributed by atoms with van der Waals surface area (Å²) < 4.78 is 25.6. The van der Waals surface area contributed by atoms with E-state index in [1.165, 1.54) is 6.07 Å². The zero-order valence-corrected chi connectivity index (χ0v) is 17.2. The Kier molecular flexibility index (Phi) is 5.42. The number of hydrogen-bond acceptors (Lipinski definition) is 8. The molecule has 3 aromatic heterocycles. The smallest absolute Gasteiger partial charge is 0.218 e. The van der Waals surface area contributed by atoms with Crippen molar-refractivity contribution < 1.29 is 13.9 Å². The van der Waals surface area contributed by atoms with Crippen LogP contribution in [0.4, 0.5) is 10.2 Å². The Morgan fingerprint density at radius 3 is 2.84 bits per heavy atom. The molecule has 0 spiro atoms. The van der Waals surface area contributed by atoms with Gasteiger partial charge >= 0.3 is 0 Å². The van der Waals surface area contributed by atoms with E-state index in [4.69, 9.17) is 9.47 Å². The number of pyridine rings is 1. The average Bonchev–Trinajstić information content (AvgIpc) is 3.32. The van der Waals surface area contributed by atoms with E-state index in [9.17, 15) is 4.39 Å². The summed E-state index contributed by atoms with van der Waals surface area (Å²) in [5, 5.41) is 0. The number of fused-ring (bicyclic) bond motifs is 1. The molecule has 2 aliphatic rings. The van der Waals surface area contributed by atoms with Gasteiger partial charge in [0, 0.05) is 55.9 Å². The minimum atomic E-state index is -0.564. The summed E-state index contributed by atoms with van der Waals surface area (Å²) in [6.45, 7) is 3.87. The van der Waals surface area contributed by atoms with Crippen molar-refractivity contribution in [2.75, 3.05) is 24.7 Å². The molecular formula is C22H23FN6O2. The molecule has 0 amide bonds. The Bertz CT molecular complexity index is 1060. The van der Waals surface area contributed by atoms with Crippen LogP contribution in [0.3, 0.4) is 0 Å². The maximum atomic E-state index is 14.3. The monoisotopic (exact) mass is 422 g/mol.